The predicted molar refractivity (Wildman–Crippen MR) is 194 cm³/mol. The Bertz CT molecular complexity index is 1490. The van der Waals surface area contributed by atoms with Gasteiger partial charge in [0, 0.05) is 51.4 Å². The number of ether oxygens (including phenoxy) is 2. The molecule has 4 fully saturated rings. The van der Waals surface area contributed by atoms with Crippen molar-refractivity contribution in [2.75, 3.05) is 76.3 Å². The highest BCUT2D eigenvalue weighted by Gasteiger charge is 2.32. The van der Waals surface area contributed by atoms with Crippen LogP contribution in [0.5, 0.6) is 0 Å². The molecule has 2 aromatic rings. The van der Waals surface area contributed by atoms with Crippen LogP contribution in [-0.4, -0.2) is 135 Å². The van der Waals surface area contributed by atoms with Gasteiger partial charge in [0.1, 0.15) is 13.2 Å². The smallest absolute Gasteiger partial charge is 0.263 e. The summed E-state index contributed by atoms with van der Waals surface area (Å²) in [5.74, 6) is -1.09. The second-order valence-electron chi connectivity index (χ2n) is 13.3. The molecule has 0 spiro atoms. The lowest BCUT2D eigenvalue weighted by Crippen LogP contribution is -2.39. The van der Waals surface area contributed by atoms with Gasteiger partial charge in [-0.25, -0.2) is 0 Å². The Morgan fingerprint density at radius 2 is 1.04 bits per heavy atom. The number of likely N-dealkylation sites (tertiary alicyclic amines) is 2. The molecule has 6 heterocycles. The van der Waals surface area contributed by atoms with Crippen molar-refractivity contribution >= 4 is 68.1 Å². The number of nitrogens with one attached hydrogen (secondary N) is 6. The van der Waals surface area contributed by atoms with E-state index in [0.29, 0.717) is 45.7 Å². The maximum atomic E-state index is 12.8. The van der Waals surface area contributed by atoms with Crippen molar-refractivity contribution in [1.82, 2.24) is 31.1 Å². The van der Waals surface area contributed by atoms with Crippen LogP contribution in [0.25, 0.3) is 0 Å². The van der Waals surface area contributed by atoms with Crippen molar-refractivity contribution in [3.63, 3.8) is 0 Å². The average Bonchev–Trinajstić information content (AvgIpc) is 3.98. The maximum absolute atomic E-state index is 12.8. The number of thiophene rings is 2. The minimum absolute atomic E-state index is 0.00264. The lowest BCUT2D eigenvalue weighted by Gasteiger charge is -2.14. The zero-order valence-corrected chi connectivity index (χ0v) is 30.5. The van der Waals surface area contributed by atoms with Crippen LogP contribution in [-0.2, 0) is 28.7 Å². The van der Waals surface area contributed by atoms with Gasteiger partial charge in [-0.2, -0.15) is 0 Å². The van der Waals surface area contributed by atoms with Gasteiger partial charge in [-0.3, -0.25) is 28.8 Å². The summed E-state index contributed by atoms with van der Waals surface area (Å²) in [6, 6.07) is 5.51. The molecule has 4 aliphatic heterocycles. The van der Waals surface area contributed by atoms with E-state index in [9.17, 15) is 28.8 Å². The summed E-state index contributed by atoms with van der Waals surface area (Å²) in [5.41, 5.74) is 0. The first-order valence-electron chi connectivity index (χ1n) is 17.8. The molecule has 0 unspecified atom stereocenters. The molecule has 0 aromatic carbocycles. The van der Waals surface area contributed by atoms with Gasteiger partial charge < -0.3 is 51.2 Å². The lowest BCUT2D eigenvalue weighted by atomic mass is 10.1. The first-order valence-corrected chi connectivity index (χ1v) is 19.5. The summed E-state index contributed by atoms with van der Waals surface area (Å²) in [5, 5.41) is 18.9. The summed E-state index contributed by atoms with van der Waals surface area (Å²) in [6.45, 7) is 3.78. The van der Waals surface area contributed by atoms with Crippen molar-refractivity contribution in [1.29, 1.82) is 0 Å². The molecule has 4 atom stereocenters. The molecule has 0 aliphatic carbocycles. The summed E-state index contributed by atoms with van der Waals surface area (Å²) < 4.78 is 10.8. The minimum Gasteiger partial charge on any atom is -0.369 e. The SMILES string of the molecule is O=C(COCCOCC(=O)N[C@@H]1CN[C@H](C(=O)Nc2ccc(C(=O)N3CCCC3)s2)C1)N[C@@H]1CN[C@H](C(=O)Nc2ccc(C(=O)N3CCCC3)s2)C1. The highest BCUT2D eigenvalue weighted by molar-refractivity contribution is 7.18. The Labute approximate surface area is 309 Å². The van der Waals surface area contributed by atoms with E-state index < -0.39 is 12.1 Å². The third-order valence-electron chi connectivity index (χ3n) is 9.38. The van der Waals surface area contributed by atoms with Crippen LogP contribution in [0.15, 0.2) is 24.3 Å². The fourth-order valence-electron chi connectivity index (χ4n) is 6.69. The standard InChI is InChI=1S/C34H46N8O8S2/c43-27(37-21-15-23(35-17-21)31(45)39-29-7-5-25(51-29)33(47)41-9-1-2-10-41)19-49-13-14-50-20-28(44)38-22-16-24(36-18-22)32(46)40-30-8-6-26(52-30)34(48)42-11-3-4-12-42/h5-8,21-24,35-36H,1-4,9-20H2,(H,37,43)(H,38,44)(H,39,45)(H,40,46)/t21-,22-,23-,24-/m0/s1. The average molecular weight is 759 g/mol. The number of amides is 6. The lowest BCUT2D eigenvalue weighted by molar-refractivity contribution is -0.129. The Balaban J connectivity index is 0.786. The van der Waals surface area contributed by atoms with E-state index >= 15 is 0 Å². The first kappa shape index (κ1) is 37.8. The summed E-state index contributed by atoms with van der Waals surface area (Å²) in [4.78, 5) is 80.3. The van der Waals surface area contributed by atoms with E-state index in [1.54, 1.807) is 24.3 Å². The molecule has 6 N–H and O–H groups in total. The molecule has 0 radical (unpaired) electrons. The van der Waals surface area contributed by atoms with Crippen molar-refractivity contribution in [2.45, 2.75) is 62.7 Å². The summed E-state index contributed by atoms with van der Waals surface area (Å²) in [7, 11) is 0. The number of nitrogens with zero attached hydrogens (tertiary/aromatic N) is 2. The minimum atomic E-state index is -0.481. The molecule has 16 nitrogen and oxygen atoms in total. The molecular formula is C34H46N8O8S2. The van der Waals surface area contributed by atoms with E-state index in [0.717, 1.165) is 51.9 Å². The molecule has 52 heavy (non-hydrogen) atoms. The number of carbonyl (C=O) groups is 6. The van der Waals surface area contributed by atoms with E-state index in [4.69, 9.17) is 9.47 Å². The molecule has 6 amide bonds. The second kappa shape index (κ2) is 18.2. The van der Waals surface area contributed by atoms with Gasteiger partial charge in [0.05, 0.1) is 45.1 Å². The molecule has 6 rings (SSSR count). The van der Waals surface area contributed by atoms with Crippen LogP contribution in [0.4, 0.5) is 10.0 Å². The first-order chi connectivity index (χ1) is 25.2. The van der Waals surface area contributed by atoms with Crippen molar-refractivity contribution in [3.05, 3.63) is 34.0 Å². The highest BCUT2D eigenvalue weighted by atomic mass is 32.1. The topological polar surface area (TPSA) is 200 Å². The van der Waals surface area contributed by atoms with E-state index in [2.05, 4.69) is 31.9 Å². The third-order valence-corrected chi connectivity index (χ3v) is 11.4. The van der Waals surface area contributed by atoms with Gasteiger partial charge in [-0.1, -0.05) is 0 Å². The maximum Gasteiger partial charge on any atom is 0.263 e. The van der Waals surface area contributed by atoms with Crippen LogP contribution >= 0.6 is 22.7 Å². The molecule has 2 aromatic heterocycles. The fourth-order valence-corrected chi connectivity index (χ4v) is 8.44. The van der Waals surface area contributed by atoms with Crippen LogP contribution in [0.3, 0.4) is 0 Å². The zero-order chi connectivity index (χ0) is 36.5. The molecule has 4 saturated heterocycles. The number of anilines is 2. The van der Waals surface area contributed by atoms with Gasteiger partial charge >= 0.3 is 0 Å². The normalized spacial score (nSPS) is 22.8. The Hall–Kier alpha value is -3.94. The molecule has 0 bridgehead atoms. The molecule has 0 saturated carbocycles. The Kier molecular flexibility index (Phi) is 13.2. The third kappa shape index (κ3) is 10.3. The Morgan fingerprint density at radius 3 is 1.44 bits per heavy atom. The van der Waals surface area contributed by atoms with Crippen LogP contribution in [0.2, 0.25) is 0 Å². The fraction of sp³-hybridized carbons (Fsp3) is 0.588. The summed E-state index contributed by atoms with van der Waals surface area (Å²) >= 11 is 2.52. The summed E-state index contributed by atoms with van der Waals surface area (Å²) in [6.07, 6.45) is 4.90. The molecule has 4 aliphatic rings. The van der Waals surface area contributed by atoms with Gasteiger partial charge in [0.2, 0.25) is 23.6 Å². The monoisotopic (exact) mass is 758 g/mol. The van der Waals surface area contributed by atoms with Gasteiger partial charge in [0.25, 0.3) is 11.8 Å². The van der Waals surface area contributed by atoms with Crippen molar-refractivity contribution in [2.24, 2.45) is 0 Å². The molecular weight excluding hydrogens is 713 g/mol. The number of hydrogen-bond donors (Lipinski definition) is 6. The number of carbonyl (C=O) groups excluding carboxylic acids is 6. The van der Waals surface area contributed by atoms with Gasteiger partial charge in [-0.15, -0.1) is 22.7 Å². The number of hydrogen-bond acceptors (Lipinski definition) is 12. The van der Waals surface area contributed by atoms with Crippen LogP contribution in [0, 0.1) is 0 Å². The van der Waals surface area contributed by atoms with E-state index in [1.165, 1.54) is 22.7 Å². The van der Waals surface area contributed by atoms with Crippen molar-refractivity contribution < 1.29 is 38.2 Å². The van der Waals surface area contributed by atoms with Gasteiger partial charge in [-0.05, 0) is 62.8 Å². The molecule has 18 heteroatoms. The van der Waals surface area contributed by atoms with E-state index in [1.807, 2.05) is 9.80 Å². The van der Waals surface area contributed by atoms with Crippen LogP contribution < -0.4 is 31.9 Å². The van der Waals surface area contributed by atoms with Crippen LogP contribution in [0.1, 0.15) is 57.9 Å². The Morgan fingerprint density at radius 1 is 0.635 bits per heavy atom. The van der Waals surface area contributed by atoms with E-state index in [-0.39, 0.29) is 74.0 Å². The largest absolute Gasteiger partial charge is 0.369 e. The number of rotatable bonds is 15. The zero-order valence-electron chi connectivity index (χ0n) is 28.9. The molecule has 282 valence electrons. The predicted octanol–water partition coefficient (Wildman–Crippen LogP) is 0.585. The highest BCUT2D eigenvalue weighted by Crippen LogP contribution is 2.27. The van der Waals surface area contributed by atoms with Crippen molar-refractivity contribution in [3.8, 4) is 0 Å². The van der Waals surface area contributed by atoms with Gasteiger partial charge in [0.15, 0.2) is 0 Å². The quantitative estimate of drug-likeness (QED) is 0.140. The second-order valence-corrected chi connectivity index (χ2v) is 15.5.